The lowest BCUT2D eigenvalue weighted by Gasteiger charge is -2.29. The molecule has 0 amide bonds. The number of aryl methyl sites for hydroxylation is 1. The van der Waals surface area contributed by atoms with E-state index in [4.69, 9.17) is 29.0 Å². The zero-order valence-corrected chi connectivity index (χ0v) is 40.4. The molecule has 16 heteroatoms. The van der Waals surface area contributed by atoms with E-state index in [1.165, 1.54) is 0 Å². The Kier molecular flexibility index (Phi) is 14.0. The third-order valence-corrected chi connectivity index (χ3v) is 18.6. The molecule has 2 aromatic heterocycles. The van der Waals surface area contributed by atoms with Gasteiger partial charge in [0.25, 0.3) is 0 Å². The molecule has 0 atom stereocenters. The topological polar surface area (TPSA) is 110 Å². The molecule has 0 saturated heterocycles. The summed E-state index contributed by atoms with van der Waals surface area (Å²) >= 11 is 0. The smallest absolute Gasteiger partial charge is 0.217 e. The maximum absolute atomic E-state index is 15.7. The zero-order chi connectivity index (χ0) is 42.0. The van der Waals surface area contributed by atoms with Gasteiger partial charge in [-0.15, -0.1) is 0 Å². The summed E-state index contributed by atoms with van der Waals surface area (Å²) in [5.41, 5.74) is 5.70. The fourth-order valence-electron chi connectivity index (χ4n) is 7.09. The number of rotatable bonds is 21. The second kappa shape index (κ2) is 18.1. The van der Waals surface area contributed by atoms with E-state index in [2.05, 4.69) is 71.9 Å². The van der Waals surface area contributed by atoms with Gasteiger partial charge in [-0.3, -0.25) is 0 Å². The maximum Gasteiger partial charge on any atom is 0.217 e. The maximum atomic E-state index is 15.7. The highest BCUT2D eigenvalue weighted by Gasteiger charge is 2.41. The minimum atomic E-state index is -3.42. The van der Waals surface area contributed by atoms with Crippen LogP contribution in [-0.2, 0) is 57.2 Å². The van der Waals surface area contributed by atoms with Crippen LogP contribution in [-0.4, -0.2) is 88.1 Å². The first-order valence-corrected chi connectivity index (χ1v) is 33.6. The Labute approximate surface area is 348 Å². The predicted octanol–water partition coefficient (Wildman–Crippen LogP) is 9.78. The summed E-state index contributed by atoms with van der Waals surface area (Å²) < 4.78 is 72.3. The zero-order valence-electron chi connectivity index (χ0n) is 36.5. The molecule has 320 valence electrons. The number of imidazole rings is 1. The molecule has 1 saturated carbocycles. The lowest BCUT2D eigenvalue weighted by atomic mass is 9.96. The third kappa shape index (κ3) is 11.0. The van der Waals surface area contributed by atoms with Crippen molar-refractivity contribution in [1.82, 2.24) is 23.6 Å². The van der Waals surface area contributed by atoms with Gasteiger partial charge in [0.15, 0.2) is 24.2 Å². The number of sulfonamides is 1. The van der Waals surface area contributed by atoms with E-state index in [9.17, 15) is 8.42 Å². The van der Waals surface area contributed by atoms with Gasteiger partial charge in [-0.1, -0.05) is 78.3 Å². The quantitative estimate of drug-likeness (QED) is 0.0463. The van der Waals surface area contributed by atoms with Gasteiger partial charge in [0.2, 0.25) is 10.0 Å². The molecule has 0 N–H and O–H groups in total. The van der Waals surface area contributed by atoms with E-state index < -0.39 is 40.1 Å². The predicted molar refractivity (Wildman–Crippen MR) is 239 cm³/mol. The molecular formula is C42H66FN5O6SSi3. The molecule has 0 unspecified atom stereocenters. The average molecular weight is 872 g/mol. The molecule has 2 aliphatic rings. The molecule has 0 radical (unpaired) electrons. The van der Waals surface area contributed by atoms with Gasteiger partial charge in [-0.25, -0.2) is 22.5 Å². The van der Waals surface area contributed by atoms with E-state index in [1.807, 2.05) is 21.4 Å². The molecule has 0 spiro atoms. The van der Waals surface area contributed by atoms with Crippen molar-refractivity contribution in [3.05, 3.63) is 53.1 Å². The van der Waals surface area contributed by atoms with Gasteiger partial charge < -0.3 is 23.5 Å². The van der Waals surface area contributed by atoms with Crippen molar-refractivity contribution < 1.29 is 31.8 Å². The van der Waals surface area contributed by atoms with Gasteiger partial charge in [0, 0.05) is 49.4 Å². The van der Waals surface area contributed by atoms with E-state index in [1.54, 1.807) is 16.4 Å². The number of fused-ring (bicyclic) bond motifs is 2. The highest BCUT2D eigenvalue weighted by atomic mass is 32.2. The van der Waals surface area contributed by atoms with Gasteiger partial charge in [-0.05, 0) is 78.4 Å². The largest absolute Gasteiger partial charge is 0.464 e. The summed E-state index contributed by atoms with van der Waals surface area (Å²) in [6, 6.07) is 12.5. The first-order valence-electron chi connectivity index (χ1n) is 21.0. The number of hydrogen-bond donors (Lipinski definition) is 0. The minimum Gasteiger partial charge on any atom is -0.464 e. The first-order chi connectivity index (χ1) is 27.2. The van der Waals surface area contributed by atoms with Crippen LogP contribution in [0.1, 0.15) is 43.1 Å². The van der Waals surface area contributed by atoms with E-state index in [0.29, 0.717) is 50.6 Å². The molecule has 1 aliphatic heterocycles. The van der Waals surface area contributed by atoms with Crippen LogP contribution in [0.5, 0.6) is 5.75 Å². The average Bonchev–Trinajstić information content (AvgIpc) is 3.78. The fraction of sp³-hybridized carbons (Fsp3) is 0.619. The number of benzene rings is 2. The van der Waals surface area contributed by atoms with Crippen LogP contribution >= 0.6 is 0 Å². The molecule has 0 bridgehead atoms. The second-order valence-corrected chi connectivity index (χ2v) is 38.8. The monoisotopic (exact) mass is 871 g/mol. The normalized spacial score (nSPS) is 15.7. The first kappa shape index (κ1) is 44.8. The van der Waals surface area contributed by atoms with Gasteiger partial charge in [-0.2, -0.15) is 9.40 Å². The van der Waals surface area contributed by atoms with Crippen molar-refractivity contribution in [2.75, 3.05) is 26.6 Å². The summed E-state index contributed by atoms with van der Waals surface area (Å²) in [6.45, 7) is 25.7. The van der Waals surface area contributed by atoms with Crippen molar-refractivity contribution in [3.8, 4) is 28.4 Å². The van der Waals surface area contributed by atoms with Crippen molar-refractivity contribution in [2.24, 2.45) is 0 Å². The van der Waals surface area contributed by atoms with Crippen LogP contribution in [0.2, 0.25) is 77.1 Å². The van der Waals surface area contributed by atoms with Crippen LogP contribution in [0, 0.1) is 5.82 Å². The number of hydrogen-bond acceptors (Lipinski definition) is 8. The summed E-state index contributed by atoms with van der Waals surface area (Å²) in [4.78, 5) is 5.13. The Bertz CT molecular complexity index is 2170. The molecule has 58 heavy (non-hydrogen) atoms. The highest BCUT2D eigenvalue weighted by Crippen LogP contribution is 2.39. The third-order valence-electron chi connectivity index (χ3n) is 11.2. The molecule has 3 heterocycles. The van der Waals surface area contributed by atoms with Crippen molar-refractivity contribution in [2.45, 2.75) is 141 Å². The lowest BCUT2D eigenvalue weighted by Crippen LogP contribution is -2.39. The molecular weight excluding hydrogens is 806 g/mol. The number of halogens is 1. The fourth-order valence-corrected chi connectivity index (χ4v) is 11.3. The summed E-state index contributed by atoms with van der Waals surface area (Å²) in [5, 5.41) is 5.72. The Morgan fingerprint density at radius 1 is 0.828 bits per heavy atom. The Morgan fingerprint density at radius 3 is 2.07 bits per heavy atom. The SMILES string of the molecule is CCc1cc(OCOCC[Si](C)(C)C)c(F)cc1-c1ccc2c(-c3nc4c(n3COCC[Si](C)(C)C)CN(S(=O)(=O)C3CCC3)C4)nn(COCC[Si](C)(C)C)c2c1. The van der Waals surface area contributed by atoms with Crippen molar-refractivity contribution in [1.29, 1.82) is 0 Å². The lowest BCUT2D eigenvalue weighted by molar-refractivity contribution is 0.0197. The minimum absolute atomic E-state index is 0.00638. The summed E-state index contributed by atoms with van der Waals surface area (Å²) in [6.07, 6.45) is 3.06. The van der Waals surface area contributed by atoms with Gasteiger partial charge in [0.05, 0.1) is 35.2 Å². The highest BCUT2D eigenvalue weighted by molar-refractivity contribution is 7.89. The van der Waals surface area contributed by atoms with Crippen molar-refractivity contribution >= 4 is 45.1 Å². The van der Waals surface area contributed by atoms with Crippen LogP contribution in [0.3, 0.4) is 0 Å². The molecule has 6 rings (SSSR count). The van der Waals surface area contributed by atoms with Crippen molar-refractivity contribution in [3.63, 3.8) is 0 Å². The number of ether oxygens (including phenoxy) is 4. The van der Waals surface area contributed by atoms with E-state index >= 15 is 4.39 Å². The second-order valence-electron chi connectivity index (χ2n) is 19.7. The van der Waals surface area contributed by atoms with Gasteiger partial charge >= 0.3 is 0 Å². The standard InChI is InChI=1S/C42H66FN5O6SSi3/c1-11-31-24-40(54-30-53-19-22-58(8,9)10)36(43)25-35(31)32-15-16-34-38(23-32)48(29-52-18-21-57(5,6)7)45-41(34)42-44-37-26-46(55(49,50)33-13-12-14-33)27-39(37)47(42)28-51-17-20-56(2,3)4/h15-16,23-25,33H,11-14,17-22,26-30H2,1-10H3. The Morgan fingerprint density at radius 2 is 1.47 bits per heavy atom. The van der Waals surface area contributed by atoms with Crippen LogP contribution in [0.15, 0.2) is 30.3 Å². The molecule has 1 aliphatic carbocycles. The van der Waals surface area contributed by atoms with Gasteiger partial charge in [0.1, 0.15) is 19.2 Å². The summed E-state index contributed by atoms with van der Waals surface area (Å²) in [5.74, 6) is 0.388. The van der Waals surface area contributed by atoms with Crippen LogP contribution < -0.4 is 4.74 Å². The van der Waals surface area contributed by atoms with E-state index in [-0.39, 0.29) is 44.3 Å². The Hall–Kier alpha value is -2.71. The molecule has 1 fully saturated rings. The number of aromatic nitrogens is 4. The number of nitrogens with zero attached hydrogens (tertiary/aromatic N) is 5. The molecule has 4 aromatic rings. The van der Waals surface area contributed by atoms with E-state index in [0.717, 1.165) is 63.5 Å². The summed E-state index contributed by atoms with van der Waals surface area (Å²) in [7, 11) is -7.34. The Balaban J connectivity index is 1.35. The molecule has 11 nitrogen and oxygen atoms in total. The van der Waals surface area contributed by atoms with Crippen LogP contribution in [0.4, 0.5) is 4.39 Å². The van der Waals surface area contributed by atoms with Crippen LogP contribution in [0.25, 0.3) is 33.5 Å². The molecule has 2 aromatic carbocycles.